The van der Waals surface area contributed by atoms with E-state index >= 15 is 0 Å². The largest absolute Gasteiger partial charge is 0.270 e. The van der Waals surface area contributed by atoms with Gasteiger partial charge >= 0.3 is 0 Å². The summed E-state index contributed by atoms with van der Waals surface area (Å²) >= 11 is 3.35. The molecule has 1 aromatic heterocycles. The van der Waals surface area contributed by atoms with Gasteiger partial charge in [0.2, 0.25) is 0 Å². The topological polar surface area (TPSA) is 73.8 Å². The summed E-state index contributed by atoms with van der Waals surface area (Å²) < 4.78 is 1.73. The van der Waals surface area contributed by atoms with Crippen LogP contribution in [0.3, 0.4) is 0 Å². The Hall–Kier alpha value is -1.76. The molecule has 0 aliphatic heterocycles. The number of nitro benzene ring substituents is 1. The third-order valence-electron chi connectivity index (χ3n) is 2.37. The molecule has 2 aromatic rings. The zero-order chi connectivity index (χ0) is 13.0. The highest BCUT2D eigenvalue weighted by Crippen LogP contribution is 2.20. The molecule has 1 heterocycles. The number of rotatable bonds is 5. The summed E-state index contributed by atoms with van der Waals surface area (Å²) in [5.41, 5.74) is 0.700. The number of nitro groups is 1. The number of nitrogens with zero attached hydrogens (tertiary/aromatic N) is 4. The van der Waals surface area contributed by atoms with Crippen molar-refractivity contribution < 1.29 is 4.92 Å². The molecule has 1 aromatic carbocycles. The second kappa shape index (κ2) is 5.72. The molecular weight excluding hydrogens is 300 g/mol. The van der Waals surface area contributed by atoms with Gasteiger partial charge in [0, 0.05) is 29.6 Å². The maximum Gasteiger partial charge on any atom is 0.270 e. The molecule has 0 atom stereocenters. The summed E-state index contributed by atoms with van der Waals surface area (Å²) in [7, 11) is 0. The zero-order valence-corrected chi connectivity index (χ0v) is 11.1. The number of aryl methyl sites for hydroxylation is 1. The SMILES string of the molecule is O=[N+]([O-])c1cccc(-c2ncn(CCCBr)n2)c1. The van der Waals surface area contributed by atoms with E-state index in [2.05, 4.69) is 26.0 Å². The van der Waals surface area contributed by atoms with Crippen LogP contribution in [0.4, 0.5) is 5.69 Å². The molecule has 0 saturated heterocycles. The lowest BCUT2D eigenvalue weighted by Crippen LogP contribution is -1.99. The Bertz CT molecular complexity index is 555. The number of benzene rings is 1. The standard InChI is InChI=1S/C11H11BrN4O2/c12-5-2-6-15-8-13-11(14-15)9-3-1-4-10(7-9)16(17)18/h1,3-4,7-8H,2,5-6H2. The molecule has 0 amide bonds. The smallest absolute Gasteiger partial charge is 0.258 e. The molecule has 0 saturated carbocycles. The Labute approximate surface area is 112 Å². The number of hydrogen-bond acceptors (Lipinski definition) is 4. The van der Waals surface area contributed by atoms with Crippen molar-refractivity contribution in [2.24, 2.45) is 0 Å². The third-order valence-corrected chi connectivity index (χ3v) is 2.93. The van der Waals surface area contributed by atoms with Crippen molar-refractivity contribution in [3.05, 3.63) is 40.7 Å². The maximum atomic E-state index is 10.7. The molecule has 0 bridgehead atoms. The van der Waals surface area contributed by atoms with Crippen LogP contribution in [0.2, 0.25) is 0 Å². The van der Waals surface area contributed by atoms with Crippen LogP contribution in [0, 0.1) is 10.1 Å². The molecule has 94 valence electrons. The molecule has 0 N–H and O–H groups in total. The zero-order valence-electron chi connectivity index (χ0n) is 9.49. The Balaban J connectivity index is 2.23. The first-order valence-corrected chi connectivity index (χ1v) is 6.53. The predicted octanol–water partition coefficient (Wildman–Crippen LogP) is 2.64. The first kappa shape index (κ1) is 12.7. The molecular formula is C11H11BrN4O2. The van der Waals surface area contributed by atoms with Gasteiger partial charge in [-0.25, -0.2) is 4.98 Å². The number of aromatic nitrogens is 3. The van der Waals surface area contributed by atoms with Crippen LogP contribution in [0.25, 0.3) is 11.4 Å². The van der Waals surface area contributed by atoms with Crippen molar-refractivity contribution in [1.29, 1.82) is 0 Å². The van der Waals surface area contributed by atoms with Gasteiger partial charge in [0.25, 0.3) is 5.69 Å². The van der Waals surface area contributed by atoms with Crippen LogP contribution >= 0.6 is 15.9 Å². The summed E-state index contributed by atoms with van der Waals surface area (Å²) in [6.45, 7) is 0.771. The molecule has 6 nitrogen and oxygen atoms in total. The summed E-state index contributed by atoms with van der Waals surface area (Å²) in [5, 5.41) is 15.9. The Morgan fingerprint density at radius 3 is 3.00 bits per heavy atom. The van der Waals surface area contributed by atoms with E-state index in [1.54, 1.807) is 23.1 Å². The van der Waals surface area contributed by atoms with Gasteiger partial charge in [-0.15, -0.1) is 0 Å². The van der Waals surface area contributed by atoms with E-state index < -0.39 is 4.92 Å². The van der Waals surface area contributed by atoms with Crippen molar-refractivity contribution >= 4 is 21.6 Å². The Kier molecular flexibility index (Phi) is 4.03. The van der Waals surface area contributed by atoms with Gasteiger partial charge in [-0.2, -0.15) is 5.10 Å². The van der Waals surface area contributed by atoms with Gasteiger partial charge < -0.3 is 0 Å². The van der Waals surface area contributed by atoms with E-state index in [0.29, 0.717) is 11.4 Å². The minimum atomic E-state index is -0.425. The lowest BCUT2D eigenvalue weighted by atomic mass is 10.2. The van der Waals surface area contributed by atoms with Crippen LogP contribution in [0.5, 0.6) is 0 Å². The van der Waals surface area contributed by atoms with E-state index in [0.717, 1.165) is 18.3 Å². The summed E-state index contributed by atoms with van der Waals surface area (Å²) in [5.74, 6) is 0.508. The average molecular weight is 311 g/mol. The minimum Gasteiger partial charge on any atom is -0.258 e. The number of non-ortho nitro benzene ring substituents is 1. The fourth-order valence-corrected chi connectivity index (χ4v) is 1.77. The molecule has 18 heavy (non-hydrogen) atoms. The fraction of sp³-hybridized carbons (Fsp3) is 0.273. The van der Waals surface area contributed by atoms with Gasteiger partial charge in [0.15, 0.2) is 5.82 Å². The van der Waals surface area contributed by atoms with E-state index in [-0.39, 0.29) is 5.69 Å². The van der Waals surface area contributed by atoms with Crippen molar-refractivity contribution in [3.8, 4) is 11.4 Å². The monoisotopic (exact) mass is 310 g/mol. The van der Waals surface area contributed by atoms with Crippen LogP contribution in [-0.4, -0.2) is 25.0 Å². The number of halogens is 1. The number of alkyl halides is 1. The molecule has 7 heteroatoms. The minimum absolute atomic E-state index is 0.0457. The van der Waals surface area contributed by atoms with Crippen molar-refractivity contribution in [3.63, 3.8) is 0 Å². The first-order valence-electron chi connectivity index (χ1n) is 5.41. The highest BCUT2D eigenvalue weighted by Gasteiger charge is 2.09. The van der Waals surface area contributed by atoms with E-state index in [1.807, 2.05) is 0 Å². The molecule has 0 fully saturated rings. The molecule has 0 radical (unpaired) electrons. The number of hydrogen-bond donors (Lipinski definition) is 0. The highest BCUT2D eigenvalue weighted by atomic mass is 79.9. The van der Waals surface area contributed by atoms with E-state index in [4.69, 9.17) is 0 Å². The lowest BCUT2D eigenvalue weighted by Gasteiger charge is -1.97. The van der Waals surface area contributed by atoms with Crippen molar-refractivity contribution in [2.75, 3.05) is 5.33 Å². The molecule has 2 rings (SSSR count). The molecule has 0 aliphatic carbocycles. The van der Waals surface area contributed by atoms with Crippen LogP contribution in [0.1, 0.15) is 6.42 Å². The van der Waals surface area contributed by atoms with Crippen LogP contribution in [-0.2, 0) is 6.54 Å². The second-order valence-electron chi connectivity index (χ2n) is 3.68. The average Bonchev–Trinajstić information content (AvgIpc) is 2.85. The molecule has 0 aliphatic rings. The Morgan fingerprint density at radius 2 is 2.28 bits per heavy atom. The Morgan fingerprint density at radius 1 is 1.44 bits per heavy atom. The van der Waals surface area contributed by atoms with Gasteiger partial charge in [-0.1, -0.05) is 28.1 Å². The maximum absolute atomic E-state index is 10.7. The van der Waals surface area contributed by atoms with Crippen LogP contribution in [0.15, 0.2) is 30.6 Å². The normalized spacial score (nSPS) is 10.5. The summed E-state index contributed by atoms with van der Waals surface area (Å²) in [6, 6.07) is 6.32. The van der Waals surface area contributed by atoms with Gasteiger partial charge in [-0.3, -0.25) is 14.8 Å². The molecule has 0 spiro atoms. The highest BCUT2D eigenvalue weighted by molar-refractivity contribution is 9.09. The quantitative estimate of drug-likeness (QED) is 0.483. The fourth-order valence-electron chi connectivity index (χ4n) is 1.51. The van der Waals surface area contributed by atoms with Crippen molar-refractivity contribution in [2.45, 2.75) is 13.0 Å². The molecule has 0 unspecified atom stereocenters. The van der Waals surface area contributed by atoms with E-state index in [9.17, 15) is 10.1 Å². The van der Waals surface area contributed by atoms with Crippen LogP contribution < -0.4 is 0 Å². The van der Waals surface area contributed by atoms with Gasteiger partial charge in [0.1, 0.15) is 6.33 Å². The van der Waals surface area contributed by atoms with Crippen molar-refractivity contribution in [1.82, 2.24) is 14.8 Å². The van der Waals surface area contributed by atoms with Gasteiger partial charge in [0.05, 0.1) is 4.92 Å². The second-order valence-corrected chi connectivity index (χ2v) is 4.47. The van der Waals surface area contributed by atoms with Gasteiger partial charge in [-0.05, 0) is 6.42 Å². The summed E-state index contributed by atoms with van der Waals surface area (Å²) in [6.07, 6.45) is 2.59. The third kappa shape index (κ3) is 2.92. The first-order chi connectivity index (χ1) is 8.70. The van der Waals surface area contributed by atoms with E-state index in [1.165, 1.54) is 12.1 Å². The lowest BCUT2D eigenvalue weighted by molar-refractivity contribution is -0.384. The predicted molar refractivity (Wildman–Crippen MR) is 70.5 cm³/mol. The summed E-state index contributed by atoms with van der Waals surface area (Å²) in [4.78, 5) is 14.4.